The maximum atomic E-state index is 11.4. The maximum Gasteiger partial charge on any atom is 0.409 e. The summed E-state index contributed by atoms with van der Waals surface area (Å²) in [6.45, 7) is 2.22. The number of amides is 1. The molecule has 1 rings (SSSR count). The molecule has 0 aliphatic heterocycles. The summed E-state index contributed by atoms with van der Waals surface area (Å²) in [6.07, 6.45) is 2.88. The van der Waals surface area contributed by atoms with Gasteiger partial charge in [-0.25, -0.2) is 4.79 Å². The van der Waals surface area contributed by atoms with Crippen LogP contribution in [-0.4, -0.2) is 41.9 Å². The van der Waals surface area contributed by atoms with Gasteiger partial charge in [0.1, 0.15) is 0 Å². The Kier molecular flexibility index (Phi) is 4.20. The first-order valence-corrected chi connectivity index (χ1v) is 5.22. The molecule has 0 radical (unpaired) electrons. The number of rotatable bonds is 2. The summed E-state index contributed by atoms with van der Waals surface area (Å²) in [6, 6.07) is 0.234. The summed E-state index contributed by atoms with van der Waals surface area (Å²) in [7, 11) is 1.76. The van der Waals surface area contributed by atoms with Crippen molar-refractivity contribution >= 4 is 6.09 Å². The second-order valence-corrected chi connectivity index (χ2v) is 3.77. The molecule has 1 fully saturated rings. The van der Waals surface area contributed by atoms with Gasteiger partial charge in [-0.15, -0.1) is 0 Å². The number of carbonyl (C=O) groups is 1. The van der Waals surface area contributed by atoms with Gasteiger partial charge in [0, 0.05) is 13.1 Å². The van der Waals surface area contributed by atoms with Crippen molar-refractivity contribution in [3.8, 4) is 0 Å². The molecular weight excluding hydrogens is 182 g/mol. The second kappa shape index (κ2) is 5.20. The largest absolute Gasteiger partial charge is 0.450 e. The minimum absolute atomic E-state index is 0.179. The van der Waals surface area contributed by atoms with Crippen molar-refractivity contribution in [2.75, 3.05) is 13.7 Å². The monoisotopic (exact) mass is 201 g/mol. The van der Waals surface area contributed by atoms with Crippen LogP contribution in [-0.2, 0) is 4.74 Å². The minimum atomic E-state index is -0.256. The summed E-state index contributed by atoms with van der Waals surface area (Å²) in [4.78, 5) is 13.0. The highest BCUT2D eigenvalue weighted by molar-refractivity contribution is 5.67. The van der Waals surface area contributed by atoms with E-state index in [4.69, 9.17) is 4.74 Å². The molecule has 1 aliphatic carbocycles. The van der Waals surface area contributed by atoms with Crippen molar-refractivity contribution in [3.05, 3.63) is 0 Å². The zero-order valence-corrected chi connectivity index (χ0v) is 8.90. The molecule has 0 bridgehead atoms. The van der Waals surface area contributed by atoms with Crippen molar-refractivity contribution in [2.24, 2.45) is 0 Å². The average molecular weight is 201 g/mol. The first kappa shape index (κ1) is 11.3. The molecule has 0 atom stereocenters. The highest BCUT2D eigenvalue weighted by Crippen LogP contribution is 2.22. The Morgan fingerprint density at radius 2 is 2.00 bits per heavy atom. The SMILES string of the molecule is CCOC(=O)N(C)C1CCC(O)CC1. The molecule has 1 N–H and O–H groups in total. The molecule has 1 amide bonds. The summed E-state index contributed by atoms with van der Waals surface area (Å²) in [5.41, 5.74) is 0. The van der Waals surface area contributed by atoms with Gasteiger partial charge in [-0.1, -0.05) is 0 Å². The molecule has 0 aromatic carbocycles. The molecule has 82 valence electrons. The van der Waals surface area contributed by atoms with Gasteiger partial charge in [0.15, 0.2) is 0 Å². The van der Waals surface area contributed by atoms with Crippen molar-refractivity contribution in [3.63, 3.8) is 0 Å². The zero-order valence-electron chi connectivity index (χ0n) is 8.90. The minimum Gasteiger partial charge on any atom is -0.450 e. The second-order valence-electron chi connectivity index (χ2n) is 3.77. The molecule has 0 heterocycles. The van der Waals surface area contributed by atoms with Crippen LogP contribution in [0.2, 0.25) is 0 Å². The van der Waals surface area contributed by atoms with Crippen LogP contribution in [0, 0.1) is 0 Å². The van der Waals surface area contributed by atoms with E-state index >= 15 is 0 Å². The third kappa shape index (κ3) is 2.87. The topological polar surface area (TPSA) is 49.8 Å². The van der Waals surface area contributed by atoms with E-state index in [0.717, 1.165) is 25.7 Å². The van der Waals surface area contributed by atoms with E-state index in [1.54, 1.807) is 18.9 Å². The molecule has 0 spiro atoms. The normalized spacial score (nSPS) is 27.1. The molecule has 0 saturated heterocycles. The lowest BCUT2D eigenvalue weighted by atomic mass is 9.92. The molecule has 0 aromatic heterocycles. The fourth-order valence-electron chi connectivity index (χ4n) is 1.82. The Hall–Kier alpha value is -0.770. The van der Waals surface area contributed by atoms with Gasteiger partial charge in [0.05, 0.1) is 12.7 Å². The Balaban J connectivity index is 2.37. The number of ether oxygens (including phenoxy) is 1. The van der Waals surface area contributed by atoms with Crippen LogP contribution in [0.5, 0.6) is 0 Å². The molecule has 4 nitrogen and oxygen atoms in total. The van der Waals surface area contributed by atoms with Gasteiger partial charge in [-0.2, -0.15) is 0 Å². The van der Waals surface area contributed by atoms with E-state index in [1.807, 2.05) is 0 Å². The first-order chi connectivity index (χ1) is 6.65. The number of aliphatic hydroxyl groups excluding tert-OH is 1. The fraction of sp³-hybridized carbons (Fsp3) is 0.900. The highest BCUT2D eigenvalue weighted by Gasteiger charge is 2.25. The quantitative estimate of drug-likeness (QED) is 0.734. The molecule has 1 aliphatic rings. The number of carbonyl (C=O) groups excluding carboxylic acids is 1. The van der Waals surface area contributed by atoms with Gasteiger partial charge in [-0.05, 0) is 32.6 Å². The van der Waals surface area contributed by atoms with Crippen LogP contribution in [0.25, 0.3) is 0 Å². The third-order valence-corrected chi connectivity index (χ3v) is 2.77. The van der Waals surface area contributed by atoms with Crippen LogP contribution in [0.4, 0.5) is 4.79 Å². The number of hydrogen-bond acceptors (Lipinski definition) is 3. The first-order valence-electron chi connectivity index (χ1n) is 5.22. The van der Waals surface area contributed by atoms with Gasteiger partial charge in [-0.3, -0.25) is 0 Å². The maximum absolute atomic E-state index is 11.4. The number of nitrogens with zero attached hydrogens (tertiary/aromatic N) is 1. The average Bonchev–Trinajstić information content (AvgIpc) is 2.18. The van der Waals surface area contributed by atoms with E-state index in [1.165, 1.54) is 0 Å². The van der Waals surface area contributed by atoms with Gasteiger partial charge >= 0.3 is 6.09 Å². The van der Waals surface area contributed by atoms with Crippen LogP contribution in [0.15, 0.2) is 0 Å². The molecule has 4 heteroatoms. The van der Waals surface area contributed by atoms with Crippen molar-refractivity contribution in [1.82, 2.24) is 4.90 Å². The van der Waals surface area contributed by atoms with Crippen LogP contribution in [0.1, 0.15) is 32.6 Å². The van der Waals surface area contributed by atoms with Crippen LogP contribution >= 0.6 is 0 Å². The smallest absolute Gasteiger partial charge is 0.409 e. The Bertz CT molecular complexity index is 188. The Morgan fingerprint density at radius 1 is 1.43 bits per heavy atom. The molecular formula is C10H19NO3. The fourth-order valence-corrected chi connectivity index (χ4v) is 1.82. The highest BCUT2D eigenvalue weighted by atomic mass is 16.6. The lowest BCUT2D eigenvalue weighted by Crippen LogP contribution is -2.40. The van der Waals surface area contributed by atoms with Gasteiger partial charge in [0.2, 0.25) is 0 Å². The Morgan fingerprint density at radius 3 is 2.50 bits per heavy atom. The lowest BCUT2D eigenvalue weighted by Gasteiger charge is -2.32. The third-order valence-electron chi connectivity index (χ3n) is 2.77. The van der Waals surface area contributed by atoms with Crippen LogP contribution in [0.3, 0.4) is 0 Å². The van der Waals surface area contributed by atoms with E-state index in [-0.39, 0.29) is 18.2 Å². The van der Waals surface area contributed by atoms with E-state index in [0.29, 0.717) is 6.61 Å². The number of aliphatic hydroxyl groups is 1. The van der Waals surface area contributed by atoms with Crippen molar-refractivity contribution in [1.29, 1.82) is 0 Å². The summed E-state index contributed by atoms with van der Waals surface area (Å²) < 4.78 is 4.91. The van der Waals surface area contributed by atoms with Crippen molar-refractivity contribution in [2.45, 2.75) is 44.8 Å². The zero-order chi connectivity index (χ0) is 10.6. The van der Waals surface area contributed by atoms with Gasteiger partial charge in [0.25, 0.3) is 0 Å². The molecule has 14 heavy (non-hydrogen) atoms. The van der Waals surface area contributed by atoms with E-state index in [2.05, 4.69) is 0 Å². The predicted molar refractivity (Wildman–Crippen MR) is 53.0 cm³/mol. The Labute approximate surface area is 84.8 Å². The predicted octanol–water partition coefficient (Wildman–Crippen LogP) is 1.38. The number of hydrogen-bond donors (Lipinski definition) is 1. The standard InChI is InChI=1S/C10H19NO3/c1-3-14-10(13)11(2)8-4-6-9(12)7-5-8/h8-9,12H,3-7H2,1-2H3. The van der Waals surface area contributed by atoms with E-state index < -0.39 is 0 Å². The van der Waals surface area contributed by atoms with E-state index in [9.17, 15) is 9.90 Å². The summed E-state index contributed by atoms with van der Waals surface area (Å²) in [5.74, 6) is 0. The molecule has 0 unspecified atom stereocenters. The summed E-state index contributed by atoms with van der Waals surface area (Å²) >= 11 is 0. The van der Waals surface area contributed by atoms with Crippen molar-refractivity contribution < 1.29 is 14.6 Å². The molecule has 1 saturated carbocycles. The molecule has 0 aromatic rings. The lowest BCUT2D eigenvalue weighted by molar-refractivity contribution is 0.0648. The van der Waals surface area contributed by atoms with Gasteiger partial charge < -0.3 is 14.7 Å². The summed E-state index contributed by atoms with van der Waals surface area (Å²) in [5, 5.41) is 9.32. The van der Waals surface area contributed by atoms with Crippen LogP contribution < -0.4 is 0 Å².